The molecule has 1 saturated heterocycles. The predicted molar refractivity (Wildman–Crippen MR) is 62.7 cm³/mol. The van der Waals surface area contributed by atoms with Gasteiger partial charge in [0.05, 0.1) is 6.61 Å². The largest absolute Gasteiger partial charge is 0.465 e. The third-order valence-corrected chi connectivity index (χ3v) is 2.96. The van der Waals surface area contributed by atoms with Crippen LogP contribution in [0.2, 0.25) is 0 Å². The molecule has 1 amide bonds. The van der Waals surface area contributed by atoms with E-state index >= 15 is 0 Å². The van der Waals surface area contributed by atoms with Gasteiger partial charge in [0, 0.05) is 24.6 Å². The molecule has 17 heavy (non-hydrogen) atoms. The van der Waals surface area contributed by atoms with E-state index in [1.807, 2.05) is 13.8 Å². The van der Waals surface area contributed by atoms with Crippen LogP contribution in [-0.2, 0) is 9.53 Å². The molecule has 1 aliphatic heterocycles. The van der Waals surface area contributed by atoms with Crippen molar-refractivity contribution in [1.29, 1.82) is 0 Å². The quantitative estimate of drug-likeness (QED) is 0.592. The average molecular weight is 241 g/mol. The molecule has 1 heterocycles. The Kier molecular flexibility index (Phi) is 4.15. The third kappa shape index (κ3) is 3.47. The highest BCUT2D eigenvalue weighted by atomic mass is 16.5. The second kappa shape index (κ2) is 5.21. The van der Waals surface area contributed by atoms with E-state index in [1.54, 1.807) is 6.92 Å². The van der Waals surface area contributed by atoms with Gasteiger partial charge in [0.15, 0.2) is 0 Å². The topological polar surface area (TPSA) is 66.8 Å². The van der Waals surface area contributed by atoms with Crippen LogP contribution in [-0.4, -0.2) is 41.8 Å². The zero-order chi connectivity index (χ0) is 13.1. The summed E-state index contributed by atoms with van der Waals surface area (Å²) in [7, 11) is 0. The molecule has 0 bridgehead atoms. The lowest BCUT2D eigenvalue weighted by atomic mass is 9.79. The van der Waals surface area contributed by atoms with Crippen LogP contribution in [0.25, 0.3) is 0 Å². The predicted octanol–water partition coefficient (Wildman–Crippen LogP) is 1.89. The molecule has 0 spiro atoms. The number of carboxylic acid groups (broad SMARTS) is 1. The van der Waals surface area contributed by atoms with Crippen molar-refractivity contribution in [2.75, 3.05) is 19.7 Å². The first-order valence-electron chi connectivity index (χ1n) is 5.72. The van der Waals surface area contributed by atoms with E-state index < -0.39 is 6.09 Å². The Labute approximate surface area is 101 Å². The lowest BCUT2D eigenvalue weighted by Crippen LogP contribution is -2.44. The third-order valence-electron chi connectivity index (χ3n) is 2.96. The molecular weight excluding hydrogens is 222 g/mol. The van der Waals surface area contributed by atoms with Crippen molar-refractivity contribution in [2.24, 2.45) is 5.41 Å². The van der Waals surface area contributed by atoms with Gasteiger partial charge in [0.2, 0.25) is 0 Å². The number of hydrogen-bond donors (Lipinski definition) is 1. The van der Waals surface area contributed by atoms with E-state index in [0.717, 1.165) is 5.57 Å². The average Bonchev–Trinajstić information content (AvgIpc) is 2.20. The van der Waals surface area contributed by atoms with Gasteiger partial charge in [0.1, 0.15) is 0 Å². The van der Waals surface area contributed by atoms with Gasteiger partial charge in [0.25, 0.3) is 0 Å². The fraction of sp³-hybridized carbons (Fsp3) is 0.667. The van der Waals surface area contributed by atoms with Gasteiger partial charge in [-0.3, -0.25) is 0 Å². The summed E-state index contributed by atoms with van der Waals surface area (Å²) in [6, 6.07) is 0. The minimum atomic E-state index is -0.909. The second-order valence-electron chi connectivity index (χ2n) is 4.76. The number of carbonyl (C=O) groups excluding carboxylic acids is 1. The van der Waals surface area contributed by atoms with Gasteiger partial charge in [-0.2, -0.15) is 0 Å². The SMILES string of the molecule is CCOC(=O)C=C1CCN(C(=O)O)CC1(C)C. The molecule has 0 unspecified atom stereocenters. The van der Waals surface area contributed by atoms with Crippen molar-refractivity contribution >= 4 is 12.1 Å². The minimum Gasteiger partial charge on any atom is -0.465 e. The van der Waals surface area contributed by atoms with Crippen molar-refractivity contribution in [2.45, 2.75) is 27.2 Å². The highest BCUT2D eigenvalue weighted by Crippen LogP contribution is 2.34. The highest BCUT2D eigenvalue weighted by Gasteiger charge is 2.33. The summed E-state index contributed by atoms with van der Waals surface area (Å²) >= 11 is 0. The molecule has 0 aromatic heterocycles. The molecule has 1 aliphatic rings. The lowest BCUT2D eigenvalue weighted by molar-refractivity contribution is -0.137. The molecule has 96 valence electrons. The Morgan fingerprint density at radius 2 is 2.18 bits per heavy atom. The molecule has 0 aliphatic carbocycles. The maximum atomic E-state index is 11.4. The number of rotatable bonds is 2. The van der Waals surface area contributed by atoms with Gasteiger partial charge >= 0.3 is 12.1 Å². The normalized spacial score (nSPS) is 21.4. The van der Waals surface area contributed by atoms with Crippen molar-refractivity contribution in [3.05, 3.63) is 11.6 Å². The molecular formula is C12H19NO4. The van der Waals surface area contributed by atoms with Gasteiger partial charge in [-0.25, -0.2) is 9.59 Å². The number of amides is 1. The van der Waals surface area contributed by atoms with E-state index in [4.69, 9.17) is 9.84 Å². The van der Waals surface area contributed by atoms with Crippen LogP contribution in [0.15, 0.2) is 11.6 Å². The fourth-order valence-electron chi connectivity index (χ4n) is 2.01. The smallest absolute Gasteiger partial charge is 0.407 e. The Morgan fingerprint density at radius 3 is 2.65 bits per heavy atom. The van der Waals surface area contributed by atoms with E-state index in [0.29, 0.717) is 26.1 Å². The first-order chi connectivity index (χ1) is 7.86. The van der Waals surface area contributed by atoms with E-state index in [1.165, 1.54) is 11.0 Å². The van der Waals surface area contributed by atoms with Gasteiger partial charge in [-0.15, -0.1) is 0 Å². The number of piperidine rings is 1. The molecule has 0 saturated carbocycles. The minimum absolute atomic E-state index is 0.316. The lowest BCUT2D eigenvalue weighted by Gasteiger charge is -2.38. The number of likely N-dealkylation sites (tertiary alicyclic amines) is 1. The van der Waals surface area contributed by atoms with Gasteiger partial charge in [-0.05, 0) is 13.3 Å². The Hall–Kier alpha value is -1.52. The van der Waals surface area contributed by atoms with Gasteiger partial charge in [-0.1, -0.05) is 19.4 Å². The standard InChI is InChI=1S/C12H19NO4/c1-4-17-10(14)7-9-5-6-13(11(15)16)8-12(9,2)3/h7H,4-6,8H2,1-3H3,(H,15,16). The Bertz CT molecular complexity index is 346. The monoisotopic (exact) mass is 241 g/mol. The summed E-state index contributed by atoms with van der Waals surface area (Å²) in [4.78, 5) is 23.7. The number of ether oxygens (including phenoxy) is 1. The summed E-state index contributed by atoms with van der Waals surface area (Å²) in [5.74, 6) is -0.348. The van der Waals surface area contributed by atoms with Crippen molar-refractivity contribution < 1.29 is 19.4 Å². The van der Waals surface area contributed by atoms with Crippen molar-refractivity contribution in [1.82, 2.24) is 4.90 Å². The number of esters is 1. The van der Waals surface area contributed by atoms with Gasteiger partial charge < -0.3 is 14.7 Å². The molecule has 0 aromatic rings. The van der Waals surface area contributed by atoms with Crippen LogP contribution in [0.3, 0.4) is 0 Å². The first kappa shape index (κ1) is 13.5. The molecule has 5 nitrogen and oxygen atoms in total. The van der Waals surface area contributed by atoms with Crippen LogP contribution in [0, 0.1) is 5.41 Å². The zero-order valence-corrected chi connectivity index (χ0v) is 10.5. The molecule has 1 fully saturated rings. The number of nitrogens with zero attached hydrogens (tertiary/aromatic N) is 1. The summed E-state index contributed by atoms with van der Waals surface area (Å²) in [6.45, 7) is 6.83. The van der Waals surface area contributed by atoms with E-state index in [2.05, 4.69) is 0 Å². The van der Waals surface area contributed by atoms with E-state index in [-0.39, 0.29) is 11.4 Å². The highest BCUT2D eigenvalue weighted by molar-refractivity contribution is 5.83. The summed E-state index contributed by atoms with van der Waals surface area (Å²) in [6.07, 6.45) is 1.18. The Morgan fingerprint density at radius 1 is 1.53 bits per heavy atom. The van der Waals surface area contributed by atoms with Crippen LogP contribution in [0.1, 0.15) is 27.2 Å². The van der Waals surface area contributed by atoms with E-state index in [9.17, 15) is 9.59 Å². The summed E-state index contributed by atoms with van der Waals surface area (Å²) in [5.41, 5.74) is 0.636. The van der Waals surface area contributed by atoms with Crippen LogP contribution in [0.5, 0.6) is 0 Å². The Balaban J connectivity index is 2.77. The molecule has 1 rings (SSSR count). The molecule has 0 radical (unpaired) electrons. The number of hydrogen-bond acceptors (Lipinski definition) is 3. The maximum absolute atomic E-state index is 11.4. The second-order valence-corrected chi connectivity index (χ2v) is 4.76. The molecule has 0 aromatic carbocycles. The van der Waals surface area contributed by atoms with Crippen molar-refractivity contribution in [3.63, 3.8) is 0 Å². The molecule has 5 heteroatoms. The maximum Gasteiger partial charge on any atom is 0.407 e. The zero-order valence-electron chi connectivity index (χ0n) is 10.5. The fourth-order valence-corrected chi connectivity index (χ4v) is 2.01. The van der Waals surface area contributed by atoms with Crippen LogP contribution in [0.4, 0.5) is 4.79 Å². The van der Waals surface area contributed by atoms with Crippen molar-refractivity contribution in [3.8, 4) is 0 Å². The summed E-state index contributed by atoms with van der Waals surface area (Å²) in [5, 5.41) is 8.94. The van der Waals surface area contributed by atoms with Crippen LogP contribution >= 0.6 is 0 Å². The number of carbonyl (C=O) groups is 2. The summed E-state index contributed by atoms with van der Waals surface area (Å²) < 4.78 is 4.87. The van der Waals surface area contributed by atoms with Crippen LogP contribution < -0.4 is 0 Å². The molecule has 1 N–H and O–H groups in total. The first-order valence-corrected chi connectivity index (χ1v) is 5.72. The molecule has 0 atom stereocenters.